The van der Waals surface area contributed by atoms with Crippen molar-refractivity contribution in [3.8, 4) is 10.4 Å². The lowest BCUT2D eigenvalue weighted by Crippen LogP contribution is -2.10. The standard InChI is InChI=1S/C13H19N3S/c1-13(2,3)8-9-11(10-6-5-7-17-10)12(14)16(4)15-9/h5-7H,8,14H2,1-4H3. The van der Waals surface area contributed by atoms with Gasteiger partial charge < -0.3 is 5.73 Å². The van der Waals surface area contributed by atoms with Crippen molar-refractivity contribution in [2.45, 2.75) is 27.2 Å². The fourth-order valence-corrected chi connectivity index (χ4v) is 2.71. The summed E-state index contributed by atoms with van der Waals surface area (Å²) in [5.41, 5.74) is 8.54. The predicted molar refractivity (Wildman–Crippen MR) is 74.1 cm³/mol. The van der Waals surface area contributed by atoms with Gasteiger partial charge in [0.25, 0.3) is 0 Å². The molecule has 0 spiro atoms. The molecule has 3 nitrogen and oxygen atoms in total. The van der Waals surface area contributed by atoms with Gasteiger partial charge in [-0.1, -0.05) is 26.8 Å². The molecule has 17 heavy (non-hydrogen) atoms. The zero-order chi connectivity index (χ0) is 12.6. The number of hydrogen-bond donors (Lipinski definition) is 1. The highest BCUT2D eigenvalue weighted by atomic mass is 32.1. The predicted octanol–water partition coefficient (Wildman–Crippen LogP) is 3.32. The van der Waals surface area contributed by atoms with Crippen molar-refractivity contribution in [2.75, 3.05) is 5.73 Å². The van der Waals surface area contributed by atoms with Gasteiger partial charge in [0.2, 0.25) is 0 Å². The summed E-state index contributed by atoms with van der Waals surface area (Å²) in [4.78, 5) is 1.20. The van der Waals surface area contributed by atoms with Gasteiger partial charge in [0, 0.05) is 11.9 Å². The number of nitrogen functional groups attached to an aromatic ring is 1. The molecule has 0 bridgehead atoms. The highest BCUT2D eigenvalue weighted by Gasteiger charge is 2.21. The summed E-state index contributed by atoms with van der Waals surface area (Å²) in [6, 6.07) is 4.15. The maximum absolute atomic E-state index is 6.12. The first-order chi connectivity index (χ1) is 7.88. The zero-order valence-electron chi connectivity index (χ0n) is 10.8. The average Bonchev–Trinajstić information content (AvgIpc) is 2.75. The van der Waals surface area contributed by atoms with Gasteiger partial charge in [-0.15, -0.1) is 11.3 Å². The van der Waals surface area contributed by atoms with Crippen LogP contribution in [-0.4, -0.2) is 9.78 Å². The third kappa shape index (κ3) is 2.52. The Morgan fingerprint density at radius 3 is 2.65 bits per heavy atom. The Kier molecular flexibility index (Phi) is 3.00. The van der Waals surface area contributed by atoms with E-state index in [9.17, 15) is 0 Å². The smallest absolute Gasteiger partial charge is 0.130 e. The summed E-state index contributed by atoms with van der Waals surface area (Å²) >= 11 is 1.71. The van der Waals surface area contributed by atoms with E-state index in [1.807, 2.05) is 13.1 Å². The van der Waals surface area contributed by atoms with Gasteiger partial charge in [0.05, 0.1) is 11.3 Å². The van der Waals surface area contributed by atoms with E-state index in [1.54, 1.807) is 16.0 Å². The van der Waals surface area contributed by atoms with Crippen LogP contribution in [0.5, 0.6) is 0 Å². The molecule has 0 radical (unpaired) electrons. The highest BCUT2D eigenvalue weighted by Crippen LogP contribution is 2.35. The molecule has 0 atom stereocenters. The van der Waals surface area contributed by atoms with Crippen LogP contribution in [0.15, 0.2) is 17.5 Å². The molecule has 0 saturated carbocycles. The number of aromatic nitrogens is 2. The molecule has 2 rings (SSSR count). The van der Waals surface area contributed by atoms with Crippen LogP contribution in [0, 0.1) is 5.41 Å². The number of rotatable bonds is 2. The molecule has 0 fully saturated rings. The Hall–Kier alpha value is -1.29. The molecule has 4 heteroatoms. The van der Waals surface area contributed by atoms with Gasteiger partial charge in [-0.25, -0.2) is 0 Å². The van der Waals surface area contributed by atoms with Gasteiger partial charge >= 0.3 is 0 Å². The van der Waals surface area contributed by atoms with Crippen LogP contribution in [0.4, 0.5) is 5.82 Å². The van der Waals surface area contributed by atoms with Crippen LogP contribution in [0.2, 0.25) is 0 Å². The lowest BCUT2D eigenvalue weighted by molar-refractivity contribution is 0.405. The fourth-order valence-electron chi connectivity index (χ4n) is 1.91. The summed E-state index contributed by atoms with van der Waals surface area (Å²) in [6.07, 6.45) is 0.936. The normalized spacial score (nSPS) is 12.0. The molecule has 0 amide bonds. The van der Waals surface area contributed by atoms with Crippen molar-refractivity contribution >= 4 is 17.2 Å². The van der Waals surface area contributed by atoms with Crippen LogP contribution >= 0.6 is 11.3 Å². The first-order valence-corrected chi connectivity index (χ1v) is 6.62. The highest BCUT2D eigenvalue weighted by molar-refractivity contribution is 7.13. The van der Waals surface area contributed by atoms with Gasteiger partial charge in [-0.3, -0.25) is 4.68 Å². The van der Waals surface area contributed by atoms with Gasteiger partial charge in [0.15, 0.2) is 0 Å². The molecule has 92 valence electrons. The minimum absolute atomic E-state index is 0.215. The maximum Gasteiger partial charge on any atom is 0.130 e. The molecule has 0 aromatic carbocycles. The van der Waals surface area contributed by atoms with E-state index >= 15 is 0 Å². The number of aryl methyl sites for hydroxylation is 1. The van der Waals surface area contributed by atoms with Gasteiger partial charge in [-0.2, -0.15) is 5.10 Å². The third-order valence-electron chi connectivity index (χ3n) is 2.63. The molecule has 0 unspecified atom stereocenters. The van der Waals surface area contributed by atoms with Gasteiger partial charge in [0.1, 0.15) is 5.82 Å². The Morgan fingerprint density at radius 2 is 2.12 bits per heavy atom. The number of anilines is 1. The van der Waals surface area contributed by atoms with E-state index in [1.165, 1.54) is 4.88 Å². The average molecular weight is 249 g/mol. The molecule has 2 aromatic rings. The van der Waals surface area contributed by atoms with Crippen LogP contribution in [-0.2, 0) is 13.5 Å². The second-order valence-corrected chi connectivity index (χ2v) is 6.49. The minimum atomic E-state index is 0.215. The number of nitrogens with zero attached hydrogens (tertiary/aromatic N) is 2. The molecule has 0 saturated heterocycles. The van der Waals surface area contributed by atoms with Crippen LogP contribution in [0.25, 0.3) is 10.4 Å². The number of nitrogens with two attached hydrogens (primary N) is 1. The van der Waals surface area contributed by atoms with Crippen molar-refractivity contribution < 1.29 is 0 Å². The van der Waals surface area contributed by atoms with Crippen molar-refractivity contribution in [3.05, 3.63) is 23.2 Å². The Labute approximate surface area is 106 Å². The number of hydrogen-bond acceptors (Lipinski definition) is 3. The van der Waals surface area contributed by atoms with Crippen molar-refractivity contribution in [1.82, 2.24) is 9.78 Å². The molecule has 0 aliphatic rings. The van der Waals surface area contributed by atoms with Crippen molar-refractivity contribution in [3.63, 3.8) is 0 Å². The molecule has 0 aliphatic carbocycles. The van der Waals surface area contributed by atoms with E-state index in [2.05, 4.69) is 37.3 Å². The van der Waals surface area contributed by atoms with Crippen LogP contribution < -0.4 is 5.73 Å². The summed E-state index contributed by atoms with van der Waals surface area (Å²) in [7, 11) is 1.90. The lowest BCUT2D eigenvalue weighted by Gasteiger charge is -2.16. The fraction of sp³-hybridized carbons (Fsp3) is 0.462. The summed E-state index contributed by atoms with van der Waals surface area (Å²) in [5, 5.41) is 6.62. The van der Waals surface area contributed by atoms with Gasteiger partial charge in [-0.05, 0) is 23.3 Å². The lowest BCUT2D eigenvalue weighted by atomic mass is 9.89. The van der Waals surface area contributed by atoms with Crippen LogP contribution in [0.1, 0.15) is 26.5 Å². The number of thiophene rings is 1. The quantitative estimate of drug-likeness (QED) is 0.887. The Bertz CT molecular complexity index is 503. The third-order valence-corrected chi connectivity index (χ3v) is 3.52. The summed E-state index contributed by atoms with van der Waals surface area (Å²) < 4.78 is 1.77. The van der Waals surface area contributed by atoms with Crippen molar-refractivity contribution in [2.24, 2.45) is 12.5 Å². The first kappa shape index (κ1) is 12.2. The molecule has 2 N–H and O–H groups in total. The topological polar surface area (TPSA) is 43.8 Å². The monoisotopic (exact) mass is 249 g/mol. The summed E-state index contributed by atoms with van der Waals surface area (Å²) in [6.45, 7) is 6.65. The maximum atomic E-state index is 6.12. The summed E-state index contributed by atoms with van der Waals surface area (Å²) in [5.74, 6) is 0.756. The van der Waals surface area contributed by atoms with E-state index in [-0.39, 0.29) is 5.41 Å². The SMILES string of the molecule is Cn1nc(CC(C)(C)C)c(-c2cccs2)c1N. The molecule has 0 aliphatic heterocycles. The van der Waals surface area contributed by atoms with Crippen LogP contribution in [0.3, 0.4) is 0 Å². The molecular formula is C13H19N3S. The zero-order valence-corrected chi connectivity index (χ0v) is 11.6. The first-order valence-electron chi connectivity index (χ1n) is 5.74. The Morgan fingerprint density at radius 1 is 1.41 bits per heavy atom. The van der Waals surface area contributed by atoms with E-state index in [0.717, 1.165) is 23.5 Å². The molecular weight excluding hydrogens is 230 g/mol. The second kappa shape index (κ2) is 4.18. The van der Waals surface area contributed by atoms with E-state index < -0.39 is 0 Å². The van der Waals surface area contributed by atoms with E-state index in [0.29, 0.717) is 0 Å². The van der Waals surface area contributed by atoms with Crippen molar-refractivity contribution in [1.29, 1.82) is 0 Å². The Balaban J connectivity index is 2.50. The minimum Gasteiger partial charge on any atom is -0.383 e. The molecule has 2 aromatic heterocycles. The molecule has 2 heterocycles. The second-order valence-electron chi connectivity index (χ2n) is 5.55. The van der Waals surface area contributed by atoms with E-state index in [4.69, 9.17) is 5.73 Å². The largest absolute Gasteiger partial charge is 0.383 e.